The van der Waals surface area contributed by atoms with Crippen LogP contribution in [0.15, 0.2) is 22.7 Å². The van der Waals surface area contributed by atoms with Gasteiger partial charge in [-0.2, -0.15) is 0 Å². The summed E-state index contributed by atoms with van der Waals surface area (Å²) in [6.45, 7) is 1.06. The van der Waals surface area contributed by atoms with Gasteiger partial charge in [-0.05, 0) is 47.3 Å². The van der Waals surface area contributed by atoms with Gasteiger partial charge in [0.2, 0.25) is 5.91 Å². The van der Waals surface area contributed by atoms with Crippen molar-refractivity contribution in [2.24, 2.45) is 5.92 Å². The number of benzene rings is 1. The van der Waals surface area contributed by atoms with Gasteiger partial charge >= 0.3 is 0 Å². The quantitative estimate of drug-likeness (QED) is 0.620. The molecule has 0 aromatic heterocycles. The lowest BCUT2D eigenvalue weighted by molar-refractivity contribution is -0.384. The third-order valence-electron chi connectivity index (χ3n) is 2.85. The van der Waals surface area contributed by atoms with E-state index >= 15 is 0 Å². The number of non-ortho nitro benzene ring substituents is 1. The van der Waals surface area contributed by atoms with Crippen LogP contribution in [0.1, 0.15) is 12.8 Å². The molecule has 2 N–H and O–H groups in total. The number of rotatable bonds is 6. The largest absolute Gasteiger partial charge is 0.324 e. The van der Waals surface area contributed by atoms with E-state index in [1.54, 1.807) is 6.07 Å². The van der Waals surface area contributed by atoms with E-state index < -0.39 is 4.92 Å². The predicted molar refractivity (Wildman–Crippen MR) is 75.0 cm³/mol. The molecule has 19 heavy (non-hydrogen) atoms. The SMILES string of the molecule is O=C(CNCC1CC1)Nc1cc([N+](=O)[O-])ccc1Br. The number of nitrogens with one attached hydrogen (secondary N) is 2. The Hall–Kier alpha value is -1.47. The minimum Gasteiger partial charge on any atom is -0.324 e. The lowest BCUT2D eigenvalue weighted by Crippen LogP contribution is -2.29. The Kier molecular flexibility index (Phi) is 4.49. The van der Waals surface area contributed by atoms with E-state index in [1.165, 1.54) is 25.0 Å². The lowest BCUT2D eigenvalue weighted by Gasteiger charge is -2.08. The summed E-state index contributed by atoms with van der Waals surface area (Å²) in [5, 5.41) is 16.4. The minimum absolute atomic E-state index is 0.0514. The number of anilines is 1. The van der Waals surface area contributed by atoms with Crippen LogP contribution >= 0.6 is 15.9 Å². The molecule has 1 saturated carbocycles. The highest BCUT2D eigenvalue weighted by molar-refractivity contribution is 9.10. The molecule has 7 heteroatoms. The van der Waals surface area contributed by atoms with Crippen molar-refractivity contribution in [3.8, 4) is 0 Å². The highest BCUT2D eigenvalue weighted by atomic mass is 79.9. The van der Waals surface area contributed by atoms with E-state index in [9.17, 15) is 14.9 Å². The second kappa shape index (κ2) is 6.12. The Labute approximate surface area is 118 Å². The first-order chi connectivity index (χ1) is 9.06. The van der Waals surface area contributed by atoms with Gasteiger partial charge in [0.25, 0.3) is 5.69 Å². The van der Waals surface area contributed by atoms with Crippen molar-refractivity contribution in [2.45, 2.75) is 12.8 Å². The maximum Gasteiger partial charge on any atom is 0.271 e. The monoisotopic (exact) mass is 327 g/mol. The first-order valence-corrected chi connectivity index (χ1v) is 6.80. The maximum absolute atomic E-state index is 11.7. The van der Waals surface area contributed by atoms with Crippen LogP contribution in [0.5, 0.6) is 0 Å². The molecule has 1 aromatic carbocycles. The van der Waals surface area contributed by atoms with Crippen LogP contribution in [-0.2, 0) is 4.79 Å². The van der Waals surface area contributed by atoms with Crippen molar-refractivity contribution in [1.29, 1.82) is 0 Å². The topological polar surface area (TPSA) is 84.3 Å². The van der Waals surface area contributed by atoms with Gasteiger partial charge in [0.15, 0.2) is 0 Å². The number of amides is 1. The molecule has 0 unspecified atom stereocenters. The maximum atomic E-state index is 11.7. The molecule has 102 valence electrons. The zero-order valence-corrected chi connectivity index (χ0v) is 11.8. The van der Waals surface area contributed by atoms with Crippen molar-refractivity contribution < 1.29 is 9.72 Å². The van der Waals surface area contributed by atoms with Crippen molar-refractivity contribution in [2.75, 3.05) is 18.4 Å². The van der Waals surface area contributed by atoms with Crippen LogP contribution in [-0.4, -0.2) is 23.9 Å². The Bertz CT molecular complexity index is 503. The molecule has 1 aliphatic rings. The fourth-order valence-electron chi connectivity index (χ4n) is 1.63. The molecular weight excluding hydrogens is 314 g/mol. The number of nitro groups is 1. The smallest absolute Gasteiger partial charge is 0.271 e. The third kappa shape index (κ3) is 4.29. The summed E-state index contributed by atoms with van der Waals surface area (Å²) in [5.74, 6) is 0.499. The average Bonchev–Trinajstić information content (AvgIpc) is 3.15. The summed E-state index contributed by atoms with van der Waals surface area (Å²) < 4.78 is 0.619. The molecule has 1 aliphatic carbocycles. The highest BCUT2D eigenvalue weighted by Gasteiger charge is 2.20. The van der Waals surface area contributed by atoms with E-state index in [4.69, 9.17) is 0 Å². The van der Waals surface area contributed by atoms with Gasteiger partial charge in [-0.15, -0.1) is 0 Å². The standard InChI is InChI=1S/C12H14BrN3O3/c13-10-4-3-9(16(18)19)5-11(10)15-12(17)7-14-6-8-1-2-8/h3-5,8,14H,1-2,6-7H2,(H,15,17). The Balaban J connectivity index is 1.90. The summed E-state index contributed by atoms with van der Waals surface area (Å²) in [7, 11) is 0. The average molecular weight is 328 g/mol. The van der Waals surface area contributed by atoms with E-state index in [2.05, 4.69) is 26.6 Å². The van der Waals surface area contributed by atoms with Gasteiger partial charge in [0.05, 0.1) is 17.2 Å². The molecule has 0 bridgehead atoms. The minimum atomic E-state index is -0.493. The number of nitro benzene ring substituents is 1. The molecule has 0 saturated heterocycles. The number of nitrogens with zero attached hydrogens (tertiary/aromatic N) is 1. The zero-order valence-electron chi connectivity index (χ0n) is 10.2. The molecule has 0 radical (unpaired) electrons. The number of carbonyl (C=O) groups excluding carboxylic acids is 1. The number of carbonyl (C=O) groups is 1. The molecule has 0 spiro atoms. The molecule has 0 heterocycles. The molecule has 1 amide bonds. The summed E-state index contributed by atoms with van der Waals surface area (Å²) in [5.41, 5.74) is 0.358. The van der Waals surface area contributed by atoms with Gasteiger partial charge in [-0.3, -0.25) is 14.9 Å². The van der Waals surface area contributed by atoms with E-state index in [0.29, 0.717) is 16.1 Å². The number of halogens is 1. The molecular formula is C12H14BrN3O3. The Morgan fingerprint density at radius 2 is 2.21 bits per heavy atom. The van der Waals surface area contributed by atoms with Crippen molar-refractivity contribution >= 4 is 33.2 Å². The van der Waals surface area contributed by atoms with Crippen LogP contribution < -0.4 is 10.6 Å². The molecule has 0 aliphatic heterocycles. The molecule has 2 rings (SSSR count). The lowest BCUT2D eigenvalue weighted by atomic mass is 10.3. The Morgan fingerprint density at radius 1 is 1.47 bits per heavy atom. The Morgan fingerprint density at radius 3 is 2.84 bits per heavy atom. The summed E-state index contributed by atoms with van der Waals surface area (Å²) in [6, 6.07) is 4.26. The molecule has 6 nitrogen and oxygen atoms in total. The van der Waals surface area contributed by atoms with Crippen LogP contribution in [0.2, 0.25) is 0 Å². The highest BCUT2D eigenvalue weighted by Crippen LogP contribution is 2.28. The summed E-state index contributed by atoms with van der Waals surface area (Å²) in [6.07, 6.45) is 2.45. The zero-order chi connectivity index (χ0) is 13.8. The second-order valence-corrected chi connectivity index (χ2v) is 5.40. The van der Waals surface area contributed by atoms with Gasteiger partial charge in [0, 0.05) is 16.6 Å². The van der Waals surface area contributed by atoms with Crippen LogP contribution in [0.4, 0.5) is 11.4 Å². The van der Waals surface area contributed by atoms with Gasteiger partial charge < -0.3 is 10.6 Å². The van der Waals surface area contributed by atoms with Gasteiger partial charge in [0.1, 0.15) is 0 Å². The van der Waals surface area contributed by atoms with Crippen molar-refractivity contribution in [1.82, 2.24) is 5.32 Å². The normalized spacial score (nSPS) is 14.2. The fraction of sp³-hybridized carbons (Fsp3) is 0.417. The number of hydrogen-bond donors (Lipinski definition) is 2. The van der Waals surface area contributed by atoms with Crippen molar-refractivity contribution in [3.63, 3.8) is 0 Å². The first kappa shape index (κ1) is 14.0. The fourth-order valence-corrected chi connectivity index (χ4v) is 1.97. The second-order valence-electron chi connectivity index (χ2n) is 4.54. The number of hydrogen-bond acceptors (Lipinski definition) is 4. The van der Waals surface area contributed by atoms with E-state index in [0.717, 1.165) is 6.54 Å². The first-order valence-electron chi connectivity index (χ1n) is 6.01. The van der Waals surface area contributed by atoms with Crippen LogP contribution in [0, 0.1) is 16.0 Å². The van der Waals surface area contributed by atoms with Crippen LogP contribution in [0.25, 0.3) is 0 Å². The molecule has 1 aromatic rings. The van der Waals surface area contributed by atoms with Gasteiger partial charge in [-0.25, -0.2) is 0 Å². The van der Waals surface area contributed by atoms with E-state index in [1.807, 2.05) is 0 Å². The predicted octanol–water partition coefficient (Wildman–Crippen LogP) is 2.30. The van der Waals surface area contributed by atoms with E-state index in [-0.39, 0.29) is 18.1 Å². The molecule has 0 atom stereocenters. The summed E-state index contributed by atoms with van der Waals surface area (Å²) >= 11 is 3.25. The van der Waals surface area contributed by atoms with Crippen LogP contribution in [0.3, 0.4) is 0 Å². The summed E-state index contributed by atoms with van der Waals surface area (Å²) in [4.78, 5) is 21.9. The molecule has 1 fully saturated rings. The van der Waals surface area contributed by atoms with Gasteiger partial charge in [-0.1, -0.05) is 0 Å². The van der Waals surface area contributed by atoms with Crippen molar-refractivity contribution in [3.05, 3.63) is 32.8 Å². The third-order valence-corrected chi connectivity index (χ3v) is 3.54.